The van der Waals surface area contributed by atoms with Gasteiger partial charge in [-0.15, -0.1) is 11.8 Å². The van der Waals surface area contributed by atoms with Crippen LogP contribution in [0.1, 0.15) is 5.56 Å². The van der Waals surface area contributed by atoms with Crippen LogP contribution in [0.2, 0.25) is 5.02 Å². The monoisotopic (exact) mass is 413 g/mol. The molecule has 2 aromatic carbocycles. The summed E-state index contributed by atoms with van der Waals surface area (Å²) in [5.41, 5.74) is 3.45. The number of carbonyl (C=O) groups excluding carboxylic acids is 1. The Morgan fingerprint density at radius 3 is 2.46 bits per heavy atom. The number of nitrogens with zero attached hydrogens (tertiary/aromatic N) is 3. The summed E-state index contributed by atoms with van der Waals surface area (Å²) in [6.07, 6.45) is 3.23. The van der Waals surface area contributed by atoms with E-state index in [4.69, 9.17) is 11.6 Å². The number of likely N-dealkylation sites (N-methyl/N-ethyl adjacent to an activating group) is 1. The van der Waals surface area contributed by atoms with Crippen molar-refractivity contribution < 1.29 is 4.79 Å². The molecule has 4 nitrogen and oxygen atoms in total. The highest BCUT2D eigenvalue weighted by Crippen LogP contribution is 2.38. The summed E-state index contributed by atoms with van der Waals surface area (Å²) in [6, 6.07) is 15.9. The van der Waals surface area contributed by atoms with Gasteiger partial charge < -0.3 is 19.5 Å². The van der Waals surface area contributed by atoms with Gasteiger partial charge in [0, 0.05) is 47.5 Å². The third-order valence-electron chi connectivity index (χ3n) is 5.36. The Hall–Kier alpha value is -1.95. The molecule has 6 heteroatoms. The molecule has 0 saturated carbocycles. The molecule has 2 heterocycles. The van der Waals surface area contributed by atoms with Crippen molar-refractivity contribution in [1.29, 1.82) is 0 Å². The molecular formula is C22H24ClN3OS. The van der Waals surface area contributed by atoms with E-state index in [9.17, 15) is 4.79 Å². The SMILES string of the molecule is CN1CCN(c2ccccc2C=C2SCN(c3ccc(Cl)cc3)C2C=O)CC1. The minimum absolute atomic E-state index is 0.258. The summed E-state index contributed by atoms with van der Waals surface area (Å²) in [5, 5.41) is 0.704. The maximum absolute atomic E-state index is 11.9. The van der Waals surface area contributed by atoms with Crippen LogP contribution >= 0.6 is 23.4 Å². The van der Waals surface area contributed by atoms with E-state index in [1.165, 1.54) is 11.3 Å². The molecule has 0 N–H and O–H groups in total. The van der Waals surface area contributed by atoms with Crippen LogP contribution in [0.25, 0.3) is 6.08 Å². The van der Waals surface area contributed by atoms with E-state index in [0.29, 0.717) is 5.02 Å². The van der Waals surface area contributed by atoms with Crippen LogP contribution in [0.15, 0.2) is 53.4 Å². The summed E-state index contributed by atoms with van der Waals surface area (Å²) < 4.78 is 0. The second-order valence-electron chi connectivity index (χ2n) is 7.20. The number of benzene rings is 2. The van der Waals surface area contributed by atoms with Gasteiger partial charge in [-0.2, -0.15) is 0 Å². The van der Waals surface area contributed by atoms with Gasteiger partial charge in [0.1, 0.15) is 12.3 Å². The minimum Gasteiger partial charge on any atom is -0.368 e. The summed E-state index contributed by atoms with van der Waals surface area (Å²) >= 11 is 7.74. The topological polar surface area (TPSA) is 26.8 Å². The Labute approximate surface area is 175 Å². The van der Waals surface area contributed by atoms with Gasteiger partial charge in [-0.25, -0.2) is 0 Å². The lowest BCUT2D eigenvalue weighted by molar-refractivity contribution is -0.108. The van der Waals surface area contributed by atoms with Gasteiger partial charge in [0.25, 0.3) is 0 Å². The van der Waals surface area contributed by atoms with Gasteiger partial charge >= 0.3 is 0 Å². The first-order valence-corrected chi connectivity index (χ1v) is 10.9. The van der Waals surface area contributed by atoms with Crippen molar-refractivity contribution in [2.45, 2.75) is 6.04 Å². The molecule has 0 bridgehead atoms. The molecule has 0 spiro atoms. The zero-order valence-electron chi connectivity index (χ0n) is 15.9. The van der Waals surface area contributed by atoms with Crippen LogP contribution in [0.5, 0.6) is 0 Å². The molecule has 0 aromatic heterocycles. The maximum atomic E-state index is 11.9. The highest BCUT2D eigenvalue weighted by molar-refractivity contribution is 8.03. The Kier molecular flexibility index (Phi) is 5.95. The molecule has 28 heavy (non-hydrogen) atoms. The molecule has 2 saturated heterocycles. The molecular weight excluding hydrogens is 390 g/mol. The Bertz CT molecular complexity index is 862. The van der Waals surface area contributed by atoms with Crippen molar-refractivity contribution >= 4 is 47.1 Å². The molecule has 0 radical (unpaired) electrons. The number of piperazine rings is 1. The highest BCUT2D eigenvalue weighted by Gasteiger charge is 2.30. The van der Waals surface area contributed by atoms with Crippen molar-refractivity contribution in [3.63, 3.8) is 0 Å². The van der Waals surface area contributed by atoms with Crippen molar-refractivity contribution in [1.82, 2.24) is 4.90 Å². The number of carbonyl (C=O) groups is 1. The van der Waals surface area contributed by atoms with Gasteiger partial charge in [-0.3, -0.25) is 0 Å². The predicted octanol–water partition coefficient (Wildman–Crippen LogP) is 4.21. The van der Waals surface area contributed by atoms with Gasteiger partial charge in [-0.05, 0) is 49.0 Å². The highest BCUT2D eigenvalue weighted by atomic mass is 35.5. The standard InChI is InChI=1S/C22H24ClN3OS/c1-24-10-12-25(13-11-24)20-5-3-2-4-17(20)14-22-21(15-27)26(16-28-22)19-8-6-18(23)7-9-19/h2-9,14-15,21H,10-13,16H2,1H3. The van der Waals surface area contributed by atoms with E-state index in [0.717, 1.165) is 48.9 Å². The summed E-state index contributed by atoms with van der Waals surface area (Å²) in [5.74, 6) is 0.757. The van der Waals surface area contributed by atoms with Crippen molar-refractivity contribution in [2.24, 2.45) is 0 Å². The van der Waals surface area contributed by atoms with Gasteiger partial charge in [-0.1, -0.05) is 29.8 Å². The number of rotatable bonds is 4. The zero-order chi connectivity index (χ0) is 19.5. The fourth-order valence-electron chi connectivity index (χ4n) is 3.70. The van der Waals surface area contributed by atoms with Gasteiger partial charge in [0.15, 0.2) is 0 Å². The van der Waals surface area contributed by atoms with Crippen LogP contribution in [-0.2, 0) is 4.79 Å². The molecule has 1 unspecified atom stereocenters. The second-order valence-corrected chi connectivity index (χ2v) is 8.65. The molecule has 2 fully saturated rings. The predicted molar refractivity (Wildman–Crippen MR) is 120 cm³/mol. The Balaban J connectivity index is 1.60. The average Bonchev–Trinajstić information content (AvgIpc) is 3.12. The van der Waals surface area contributed by atoms with Crippen LogP contribution in [0, 0.1) is 0 Å². The summed E-state index contributed by atoms with van der Waals surface area (Å²) in [7, 11) is 2.17. The number of para-hydroxylation sites is 1. The smallest absolute Gasteiger partial charge is 0.147 e. The molecule has 1 atom stereocenters. The number of anilines is 2. The fraction of sp³-hybridized carbons (Fsp3) is 0.318. The van der Waals surface area contributed by atoms with E-state index in [-0.39, 0.29) is 6.04 Å². The third-order valence-corrected chi connectivity index (χ3v) is 6.72. The van der Waals surface area contributed by atoms with Gasteiger partial charge in [0.2, 0.25) is 0 Å². The largest absolute Gasteiger partial charge is 0.368 e. The molecule has 2 aliphatic rings. The Morgan fingerprint density at radius 2 is 1.75 bits per heavy atom. The fourth-order valence-corrected chi connectivity index (χ4v) is 4.98. The van der Waals surface area contributed by atoms with Crippen LogP contribution < -0.4 is 9.80 Å². The molecule has 0 aliphatic carbocycles. The molecule has 4 rings (SSSR count). The molecule has 146 valence electrons. The molecule has 2 aliphatic heterocycles. The minimum atomic E-state index is -0.258. The third kappa shape index (κ3) is 4.07. The zero-order valence-corrected chi connectivity index (χ0v) is 17.5. The number of hydrogen-bond donors (Lipinski definition) is 0. The normalized spacial score (nSPS) is 22.1. The van der Waals surface area contributed by atoms with E-state index in [1.807, 2.05) is 24.3 Å². The summed E-state index contributed by atoms with van der Waals surface area (Å²) in [4.78, 5) is 20.0. The number of thioether (sulfide) groups is 1. The van der Waals surface area contributed by atoms with Crippen molar-refractivity contribution in [2.75, 3.05) is 48.9 Å². The Morgan fingerprint density at radius 1 is 1.04 bits per heavy atom. The van der Waals surface area contributed by atoms with Crippen molar-refractivity contribution in [3.05, 3.63) is 64.0 Å². The van der Waals surface area contributed by atoms with E-state index >= 15 is 0 Å². The molecule has 0 amide bonds. The maximum Gasteiger partial charge on any atom is 0.147 e. The summed E-state index contributed by atoms with van der Waals surface area (Å²) in [6.45, 7) is 4.19. The van der Waals surface area contributed by atoms with Crippen LogP contribution in [-0.4, -0.2) is 56.3 Å². The second kappa shape index (κ2) is 8.60. The number of aldehydes is 1. The lowest BCUT2D eigenvalue weighted by Crippen LogP contribution is -2.44. The van der Waals surface area contributed by atoms with Crippen LogP contribution in [0.4, 0.5) is 11.4 Å². The average molecular weight is 414 g/mol. The first kappa shape index (κ1) is 19.4. The van der Waals surface area contributed by atoms with E-state index in [1.54, 1.807) is 11.8 Å². The van der Waals surface area contributed by atoms with E-state index < -0.39 is 0 Å². The van der Waals surface area contributed by atoms with Crippen LogP contribution in [0.3, 0.4) is 0 Å². The first-order chi connectivity index (χ1) is 13.7. The number of halogens is 1. The molecule has 2 aromatic rings. The first-order valence-electron chi connectivity index (χ1n) is 9.50. The lowest BCUT2D eigenvalue weighted by atomic mass is 10.1. The lowest BCUT2D eigenvalue weighted by Gasteiger charge is -2.35. The van der Waals surface area contributed by atoms with E-state index in [2.05, 4.69) is 52.1 Å². The van der Waals surface area contributed by atoms with Crippen molar-refractivity contribution in [3.8, 4) is 0 Å². The van der Waals surface area contributed by atoms with Gasteiger partial charge in [0.05, 0.1) is 5.88 Å². The number of hydrogen-bond acceptors (Lipinski definition) is 5. The quantitative estimate of drug-likeness (QED) is 0.700.